The lowest BCUT2D eigenvalue weighted by molar-refractivity contribution is 0.0488. The number of esters is 2. The zero-order valence-corrected chi connectivity index (χ0v) is 20.8. The van der Waals surface area contributed by atoms with Crippen LogP contribution < -0.4 is 4.90 Å². The van der Waals surface area contributed by atoms with Crippen molar-refractivity contribution in [3.63, 3.8) is 0 Å². The van der Waals surface area contributed by atoms with Crippen molar-refractivity contribution in [2.45, 2.75) is 51.4 Å². The van der Waals surface area contributed by atoms with Crippen LogP contribution in [0, 0.1) is 0 Å². The van der Waals surface area contributed by atoms with E-state index >= 15 is 0 Å². The minimum Gasteiger partial charge on any atom is -0.462 e. The van der Waals surface area contributed by atoms with Crippen molar-refractivity contribution < 1.29 is 38.9 Å². The average molecular weight is 512 g/mol. The topological polar surface area (TPSA) is 130 Å². The lowest BCUT2D eigenvalue weighted by Crippen LogP contribution is -2.29. The normalized spacial score (nSPS) is 12.5. The summed E-state index contributed by atoms with van der Waals surface area (Å²) in [5, 5.41) is 17.6. The summed E-state index contributed by atoms with van der Waals surface area (Å²) in [6, 6.07) is 10.3. The molecular formula is C28H33NO8. The number of amides is 2. The summed E-state index contributed by atoms with van der Waals surface area (Å²) in [5.74, 6) is -2.13. The number of anilines is 1. The molecule has 0 bridgehead atoms. The minimum absolute atomic E-state index is 0.118. The molecule has 2 aromatic carbocycles. The van der Waals surface area contributed by atoms with Gasteiger partial charge < -0.3 is 19.7 Å². The van der Waals surface area contributed by atoms with E-state index in [1.807, 2.05) is 0 Å². The van der Waals surface area contributed by atoms with Crippen molar-refractivity contribution in [2.75, 3.05) is 31.3 Å². The Morgan fingerprint density at radius 1 is 0.622 bits per heavy atom. The molecule has 1 aliphatic heterocycles. The fourth-order valence-electron chi connectivity index (χ4n) is 3.98. The molecule has 2 N–H and O–H groups in total. The molecular weight excluding hydrogens is 478 g/mol. The number of rotatable bonds is 15. The highest BCUT2D eigenvalue weighted by Crippen LogP contribution is 2.29. The third kappa shape index (κ3) is 7.47. The highest BCUT2D eigenvalue weighted by Gasteiger charge is 2.37. The fourth-order valence-corrected chi connectivity index (χ4v) is 3.98. The maximum absolute atomic E-state index is 13.0. The van der Waals surface area contributed by atoms with Gasteiger partial charge in [0.25, 0.3) is 11.8 Å². The Balaban J connectivity index is 1.58. The standard InChI is InChI=1S/C28H33NO8/c30-15-5-1-3-7-17-36-27(34)20-9-12-22(13-10-20)29-25(32)23-14-11-21(19-24(23)26(29)33)28(35)37-18-8-4-2-6-16-31/h9-14,19,30-31H,1-8,15-18H2. The van der Waals surface area contributed by atoms with Crippen LogP contribution in [0.4, 0.5) is 5.69 Å². The van der Waals surface area contributed by atoms with E-state index in [0.717, 1.165) is 37.0 Å². The molecule has 0 radical (unpaired) electrons. The second kappa shape index (κ2) is 14.2. The Morgan fingerprint density at radius 3 is 1.68 bits per heavy atom. The zero-order chi connectivity index (χ0) is 26.6. The monoisotopic (exact) mass is 511 g/mol. The number of aliphatic hydroxyl groups excluding tert-OH is 2. The van der Waals surface area contributed by atoms with Gasteiger partial charge in [0.2, 0.25) is 0 Å². The number of hydrogen-bond acceptors (Lipinski definition) is 8. The Kier molecular flexibility index (Phi) is 10.8. The van der Waals surface area contributed by atoms with Crippen LogP contribution in [0.2, 0.25) is 0 Å². The van der Waals surface area contributed by atoms with Gasteiger partial charge in [0.15, 0.2) is 0 Å². The SMILES string of the molecule is O=C(OCCCCCCO)c1ccc(N2C(=O)c3ccc(C(=O)OCCCCCCO)cc3C2=O)cc1. The van der Waals surface area contributed by atoms with E-state index in [0.29, 0.717) is 30.5 Å². The van der Waals surface area contributed by atoms with Gasteiger partial charge in [0.05, 0.1) is 41.2 Å². The summed E-state index contributed by atoms with van der Waals surface area (Å²) in [6.45, 7) is 0.806. The van der Waals surface area contributed by atoms with E-state index in [1.54, 1.807) is 0 Å². The number of aliphatic hydroxyl groups is 2. The van der Waals surface area contributed by atoms with Crippen LogP contribution >= 0.6 is 0 Å². The van der Waals surface area contributed by atoms with Gasteiger partial charge in [-0.2, -0.15) is 0 Å². The van der Waals surface area contributed by atoms with Crippen molar-refractivity contribution in [3.8, 4) is 0 Å². The number of ether oxygens (including phenoxy) is 2. The van der Waals surface area contributed by atoms with Crippen LogP contribution in [-0.2, 0) is 9.47 Å². The average Bonchev–Trinajstić information content (AvgIpc) is 3.17. The second-order valence-electron chi connectivity index (χ2n) is 8.80. The second-order valence-corrected chi connectivity index (χ2v) is 8.80. The molecule has 37 heavy (non-hydrogen) atoms. The van der Waals surface area contributed by atoms with Gasteiger partial charge in [-0.25, -0.2) is 14.5 Å². The molecule has 1 aliphatic rings. The van der Waals surface area contributed by atoms with Crippen LogP contribution in [0.5, 0.6) is 0 Å². The molecule has 198 valence electrons. The van der Waals surface area contributed by atoms with Gasteiger partial charge in [0, 0.05) is 13.2 Å². The molecule has 2 amide bonds. The predicted octanol–water partition coefficient (Wildman–Crippen LogP) is 3.91. The maximum atomic E-state index is 13.0. The summed E-state index contributed by atoms with van der Waals surface area (Å²) >= 11 is 0. The first-order valence-electron chi connectivity index (χ1n) is 12.7. The first-order valence-corrected chi connectivity index (χ1v) is 12.7. The molecule has 0 saturated heterocycles. The van der Waals surface area contributed by atoms with Gasteiger partial charge in [-0.15, -0.1) is 0 Å². The molecule has 0 saturated carbocycles. The van der Waals surface area contributed by atoms with E-state index in [4.69, 9.17) is 19.7 Å². The molecule has 0 atom stereocenters. The Hall–Kier alpha value is -3.56. The number of hydrogen-bond donors (Lipinski definition) is 2. The third-order valence-corrected chi connectivity index (χ3v) is 6.05. The van der Waals surface area contributed by atoms with Gasteiger partial charge in [-0.1, -0.05) is 12.8 Å². The number of fused-ring (bicyclic) bond motifs is 1. The number of imide groups is 1. The van der Waals surface area contributed by atoms with Crippen molar-refractivity contribution in [1.29, 1.82) is 0 Å². The molecule has 1 heterocycles. The summed E-state index contributed by atoms with van der Waals surface area (Å²) in [7, 11) is 0. The summed E-state index contributed by atoms with van der Waals surface area (Å²) < 4.78 is 10.5. The van der Waals surface area contributed by atoms with Gasteiger partial charge in [0.1, 0.15) is 0 Å². The van der Waals surface area contributed by atoms with Crippen LogP contribution in [-0.4, -0.2) is 60.4 Å². The van der Waals surface area contributed by atoms with E-state index in [-0.39, 0.29) is 43.1 Å². The molecule has 0 aliphatic carbocycles. The number of carbonyl (C=O) groups is 4. The smallest absolute Gasteiger partial charge is 0.338 e. The maximum Gasteiger partial charge on any atom is 0.338 e. The Bertz CT molecular complexity index is 1100. The first kappa shape index (κ1) is 28.0. The zero-order valence-electron chi connectivity index (χ0n) is 20.8. The molecule has 0 unspecified atom stereocenters. The van der Waals surface area contributed by atoms with Crippen LogP contribution in [0.15, 0.2) is 42.5 Å². The first-order chi connectivity index (χ1) is 18.0. The predicted molar refractivity (Wildman–Crippen MR) is 136 cm³/mol. The van der Waals surface area contributed by atoms with E-state index in [9.17, 15) is 19.2 Å². The van der Waals surface area contributed by atoms with E-state index in [2.05, 4.69) is 0 Å². The van der Waals surface area contributed by atoms with Gasteiger partial charge >= 0.3 is 11.9 Å². The van der Waals surface area contributed by atoms with Gasteiger partial charge in [-0.3, -0.25) is 9.59 Å². The van der Waals surface area contributed by atoms with Crippen LogP contribution in [0.25, 0.3) is 0 Å². The highest BCUT2D eigenvalue weighted by atomic mass is 16.5. The molecule has 0 aromatic heterocycles. The quantitative estimate of drug-likeness (QED) is 0.209. The molecule has 9 nitrogen and oxygen atoms in total. The van der Waals surface area contributed by atoms with Gasteiger partial charge in [-0.05, 0) is 81.0 Å². The largest absolute Gasteiger partial charge is 0.462 e. The number of benzene rings is 2. The fraction of sp³-hybridized carbons (Fsp3) is 0.429. The number of unbranched alkanes of at least 4 members (excludes halogenated alkanes) is 6. The lowest BCUT2D eigenvalue weighted by Gasteiger charge is -2.14. The molecule has 2 aromatic rings. The van der Waals surface area contributed by atoms with Crippen molar-refractivity contribution >= 4 is 29.4 Å². The van der Waals surface area contributed by atoms with E-state index in [1.165, 1.54) is 42.5 Å². The summed E-state index contributed by atoms with van der Waals surface area (Å²) in [6.07, 6.45) is 6.25. The number of carbonyl (C=O) groups excluding carboxylic acids is 4. The molecule has 0 fully saturated rings. The van der Waals surface area contributed by atoms with E-state index < -0.39 is 23.8 Å². The van der Waals surface area contributed by atoms with Crippen molar-refractivity contribution in [3.05, 3.63) is 64.7 Å². The van der Waals surface area contributed by atoms with Crippen molar-refractivity contribution in [2.24, 2.45) is 0 Å². The summed E-state index contributed by atoms with van der Waals surface area (Å²) in [5.41, 5.74) is 1.10. The summed E-state index contributed by atoms with van der Waals surface area (Å²) in [4.78, 5) is 51.6. The minimum atomic E-state index is -0.570. The molecule has 0 spiro atoms. The molecule has 9 heteroatoms. The number of nitrogens with zero attached hydrogens (tertiary/aromatic N) is 1. The van der Waals surface area contributed by atoms with Crippen LogP contribution in [0.1, 0.15) is 92.8 Å². The lowest BCUT2D eigenvalue weighted by atomic mass is 10.1. The Morgan fingerprint density at radius 2 is 1.11 bits per heavy atom. The third-order valence-electron chi connectivity index (χ3n) is 6.05. The highest BCUT2D eigenvalue weighted by molar-refractivity contribution is 6.34. The Labute approximate surface area is 216 Å². The van der Waals surface area contributed by atoms with Crippen molar-refractivity contribution in [1.82, 2.24) is 0 Å². The van der Waals surface area contributed by atoms with Crippen LogP contribution in [0.3, 0.4) is 0 Å². The molecule has 3 rings (SSSR count).